The van der Waals surface area contributed by atoms with Gasteiger partial charge in [-0.1, -0.05) is 0 Å². The maximum Gasteiger partial charge on any atom is 0.257 e. The Morgan fingerprint density at radius 3 is 2.07 bits per heavy atom. The van der Waals surface area contributed by atoms with Crippen LogP contribution in [0, 0.1) is 0 Å². The summed E-state index contributed by atoms with van der Waals surface area (Å²) in [6.45, 7) is 0.211. The minimum Gasteiger partial charge on any atom is -0.394 e. The summed E-state index contributed by atoms with van der Waals surface area (Å²) in [5.74, 6) is 0. The Morgan fingerprint density at radius 2 is 1.73 bits per heavy atom. The number of nitrogens with one attached hydrogen (secondary N) is 1. The van der Waals surface area contributed by atoms with E-state index in [0.717, 1.165) is 0 Å². The SMILES string of the molecule is CC(CNC(CO)(CO)CO)O[SH](=O)=O. The first-order valence-electron chi connectivity index (χ1n) is 4.38. The molecule has 0 amide bonds. The van der Waals surface area contributed by atoms with Crippen molar-refractivity contribution in [3.05, 3.63) is 0 Å². The molecule has 4 N–H and O–H groups in total. The van der Waals surface area contributed by atoms with Gasteiger partial charge in [-0.3, -0.25) is 4.18 Å². The summed E-state index contributed by atoms with van der Waals surface area (Å²) in [5, 5.41) is 29.4. The maximum absolute atomic E-state index is 10.2. The van der Waals surface area contributed by atoms with Crippen LogP contribution in [0.5, 0.6) is 0 Å². The lowest BCUT2D eigenvalue weighted by atomic mass is 10.0. The molecule has 0 aliphatic rings. The standard InChI is InChI=1S/C7H17NO6S/c1-6(14-15(12)13)2-8-7(3-9,4-10)5-11/h6,8-11,15H,2-5H2,1H3. The van der Waals surface area contributed by atoms with E-state index < -0.39 is 42.4 Å². The number of hydrogen-bond acceptors (Lipinski definition) is 7. The van der Waals surface area contributed by atoms with Gasteiger partial charge >= 0.3 is 0 Å². The number of aliphatic hydroxyl groups excluding tert-OH is 3. The quantitative estimate of drug-likeness (QED) is 0.293. The van der Waals surface area contributed by atoms with E-state index in [2.05, 4.69) is 9.50 Å². The topological polar surface area (TPSA) is 116 Å². The molecule has 1 atom stereocenters. The Bertz CT molecular complexity index is 223. The summed E-state index contributed by atoms with van der Waals surface area (Å²) in [6, 6.07) is 0. The van der Waals surface area contributed by atoms with Gasteiger partial charge in [-0.15, -0.1) is 0 Å². The Hall–Kier alpha value is -0.250. The number of rotatable bonds is 8. The van der Waals surface area contributed by atoms with Gasteiger partial charge in [0, 0.05) is 6.54 Å². The van der Waals surface area contributed by atoms with Crippen LogP contribution < -0.4 is 5.32 Å². The van der Waals surface area contributed by atoms with E-state index in [1.165, 1.54) is 6.92 Å². The van der Waals surface area contributed by atoms with Crippen LogP contribution >= 0.6 is 0 Å². The van der Waals surface area contributed by atoms with Crippen LogP contribution in [0.1, 0.15) is 6.92 Å². The fourth-order valence-electron chi connectivity index (χ4n) is 0.862. The van der Waals surface area contributed by atoms with Gasteiger partial charge in [0.15, 0.2) is 0 Å². The van der Waals surface area contributed by atoms with Crippen molar-refractivity contribution in [2.75, 3.05) is 26.4 Å². The van der Waals surface area contributed by atoms with Crippen LogP contribution in [0.25, 0.3) is 0 Å². The smallest absolute Gasteiger partial charge is 0.257 e. The van der Waals surface area contributed by atoms with E-state index in [1.54, 1.807) is 0 Å². The summed E-state index contributed by atoms with van der Waals surface area (Å²) in [5.41, 5.74) is -1.22. The van der Waals surface area contributed by atoms with Crippen molar-refractivity contribution in [2.24, 2.45) is 0 Å². The van der Waals surface area contributed by atoms with Crippen LogP contribution in [0.3, 0.4) is 0 Å². The molecule has 7 nitrogen and oxygen atoms in total. The van der Waals surface area contributed by atoms with E-state index in [9.17, 15) is 8.42 Å². The zero-order valence-corrected chi connectivity index (χ0v) is 9.31. The van der Waals surface area contributed by atoms with Gasteiger partial charge < -0.3 is 20.6 Å². The summed E-state index contributed by atoms with van der Waals surface area (Å²) in [6.07, 6.45) is -0.630. The Balaban J connectivity index is 4.09. The lowest BCUT2D eigenvalue weighted by Crippen LogP contribution is -2.56. The summed E-state index contributed by atoms with van der Waals surface area (Å²) < 4.78 is 24.8. The molecule has 0 saturated heterocycles. The van der Waals surface area contributed by atoms with E-state index >= 15 is 0 Å². The van der Waals surface area contributed by atoms with Gasteiger partial charge in [-0.2, -0.15) is 0 Å². The van der Waals surface area contributed by atoms with Crippen LogP contribution in [-0.2, 0) is 15.2 Å². The lowest BCUT2D eigenvalue weighted by molar-refractivity contribution is 0.0366. The second-order valence-electron chi connectivity index (χ2n) is 3.28. The minimum atomic E-state index is -2.93. The third-order valence-corrected chi connectivity index (χ3v) is 2.47. The monoisotopic (exact) mass is 243 g/mol. The molecule has 0 aliphatic heterocycles. The molecule has 0 bridgehead atoms. The molecule has 0 fully saturated rings. The molecule has 0 saturated carbocycles. The summed E-state index contributed by atoms with van der Waals surface area (Å²) in [7, 11) is -2.93. The molecule has 1 unspecified atom stereocenters. The average Bonchev–Trinajstić information content (AvgIpc) is 2.20. The van der Waals surface area contributed by atoms with Gasteiger partial charge in [-0.05, 0) is 6.92 Å². The molecule has 0 spiro atoms. The van der Waals surface area contributed by atoms with Gasteiger partial charge in [0.25, 0.3) is 11.0 Å². The van der Waals surface area contributed by atoms with Crippen molar-refractivity contribution in [1.29, 1.82) is 0 Å². The van der Waals surface area contributed by atoms with Gasteiger partial charge in [0.1, 0.15) is 0 Å². The number of thiol groups is 1. The predicted octanol–water partition coefficient (Wildman–Crippen LogP) is -2.78. The van der Waals surface area contributed by atoms with Gasteiger partial charge in [0.2, 0.25) is 0 Å². The first-order chi connectivity index (χ1) is 6.99. The highest BCUT2D eigenvalue weighted by atomic mass is 32.2. The molecule has 0 aromatic carbocycles. The molecule has 15 heavy (non-hydrogen) atoms. The first-order valence-corrected chi connectivity index (χ1v) is 5.48. The zero-order valence-electron chi connectivity index (χ0n) is 8.42. The van der Waals surface area contributed by atoms with Crippen molar-refractivity contribution in [2.45, 2.75) is 18.6 Å². The molecule has 8 heteroatoms. The fourth-order valence-corrected chi connectivity index (χ4v) is 1.23. The van der Waals surface area contributed by atoms with E-state index in [-0.39, 0.29) is 6.54 Å². The second-order valence-corrected chi connectivity index (χ2v) is 3.93. The molecular formula is C7H17NO6S. The van der Waals surface area contributed by atoms with E-state index in [0.29, 0.717) is 0 Å². The molecule has 0 aromatic rings. The Labute approximate surface area is 89.8 Å². The molecule has 0 aromatic heterocycles. The highest BCUT2D eigenvalue weighted by molar-refractivity contribution is 7.67. The largest absolute Gasteiger partial charge is 0.394 e. The Morgan fingerprint density at radius 1 is 1.27 bits per heavy atom. The van der Waals surface area contributed by atoms with Crippen molar-refractivity contribution in [3.8, 4) is 0 Å². The maximum atomic E-state index is 10.2. The first kappa shape index (κ1) is 14.8. The van der Waals surface area contributed by atoms with Crippen LogP contribution in [0.4, 0.5) is 0 Å². The summed E-state index contributed by atoms with van der Waals surface area (Å²) in [4.78, 5) is 0. The van der Waals surface area contributed by atoms with Crippen molar-refractivity contribution in [3.63, 3.8) is 0 Å². The van der Waals surface area contributed by atoms with Crippen molar-refractivity contribution < 1.29 is 27.9 Å². The van der Waals surface area contributed by atoms with Gasteiger partial charge in [-0.25, -0.2) is 8.42 Å². The van der Waals surface area contributed by atoms with Crippen molar-refractivity contribution >= 4 is 11.0 Å². The normalized spacial score (nSPS) is 14.5. The van der Waals surface area contributed by atoms with Crippen molar-refractivity contribution in [1.82, 2.24) is 5.32 Å². The second kappa shape index (κ2) is 7.09. The Kier molecular flexibility index (Phi) is 6.98. The number of aliphatic hydroxyl groups is 3. The van der Waals surface area contributed by atoms with Crippen LogP contribution in [-0.4, -0.2) is 61.7 Å². The number of hydrogen-bond donors (Lipinski definition) is 5. The molecular weight excluding hydrogens is 226 g/mol. The van der Waals surface area contributed by atoms with Crippen LogP contribution in [0.15, 0.2) is 0 Å². The van der Waals surface area contributed by atoms with E-state index in [1.807, 2.05) is 0 Å². The van der Waals surface area contributed by atoms with Crippen LogP contribution in [0.2, 0.25) is 0 Å². The van der Waals surface area contributed by atoms with Gasteiger partial charge in [0.05, 0.1) is 31.5 Å². The predicted molar refractivity (Wildman–Crippen MR) is 52.9 cm³/mol. The highest BCUT2D eigenvalue weighted by Crippen LogP contribution is 2.02. The molecule has 92 valence electrons. The summed E-state index contributed by atoms with van der Waals surface area (Å²) >= 11 is 0. The van der Waals surface area contributed by atoms with E-state index in [4.69, 9.17) is 15.3 Å². The third kappa shape index (κ3) is 5.40. The molecule has 0 rings (SSSR count). The third-order valence-electron chi connectivity index (χ3n) is 1.94. The minimum absolute atomic E-state index is 0.0883. The molecule has 0 radical (unpaired) electrons. The average molecular weight is 243 g/mol. The fraction of sp³-hybridized carbons (Fsp3) is 1.00. The zero-order chi connectivity index (χ0) is 11.9. The highest BCUT2D eigenvalue weighted by Gasteiger charge is 2.27. The molecule has 0 aliphatic carbocycles. The molecule has 0 heterocycles. The lowest BCUT2D eigenvalue weighted by Gasteiger charge is -2.29.